The Balaban J connectivity index is 1.35. The molecule has 0 radical (unpaired) electrons. The Morgan fingerprint density at radius 2 is 1.83 bits per heavy atom. The van der Waals surface area contributed by atoms with Gasteiger partial charge in [0.05, 0.1) is 6.04 Å². The second-order valence-electron chi connectivity index (χ2n) is 7.53. The minimum atomic E-state index is -0.158. The van der Waals surface area contributed by atoms with Crippen molar-refractivity contribution in [2.75, 3.05) is 26.3 Å². The maximum Gasteiger partial charge on any atom is 0.259 e. The van der Waals surface area contributed by atoms with E-state index in [4.69, 9.17) is 9.47 Å². The second-order valence-corrected chi connectivity index (χ2v) is 7.53. The third kappa shape index (κ3) is 2.95. The standard InChI is InChI=1S/C23H22N2O4/c1-15-17-5-2-3-6-18(17)23(27)25(15)14-22(26)24-10-4-7-19(24)16-8-9-20-21(13-16)29-12-11-28-20/h2-3,5-6,8-9,13,19H,1,4,7,10-12,14H2. The molecule has 3 aliphatic rings. The number of rotatable bonds is 3. The van der Waals surface area contributed by atoms with E-state index in [-0.39, 0.29) is 24.4 Å². The smallest absolute Gasteiger partial charge is 0.259 e. The number of hydrogen-bond donors (Lipinski definition) is 0. The van der Waals surface area contributed by atoms with Crippen LogP contribution in [0.25, 0.3) is 5.70 Å². The van der Waals surface area contributed by atoms with Crippen molar-refractivity contribution in [2.24, 2.45) is 0 Å². The molecule has 0 N–H and O–H groups in total. The molecular formula is C23H22N2O4. The van der Waals surface area contributed by atoms with Crippen LogP contribution in [0.15, 0.2) is 49.0 Å². The van der Waals surface area contributed by atoms with Crippen molar-refractivity contribution in [1.82, 2.24) is 9.80 Å². The largest absolute Gasteiger partial charge is 0.486 e. The number of nitrogens with zero attached hydrogens (tertiary/aromatic N) is 2. The van der Waals surface area contributed by atoms with Crippen LogP contribution in [0.1, 0.15) is 40.4 Å². The van der Waals surface area contributed by atoms with E-state index in [0.29, 0.717) is 31.0 Å². The molecule has 2 aromatic rings. The molecule has 1 fully saturated rings. The maximum atomic E-state index is 13.2. The first-order valence-electron chi connectivity index (χ1n) is 9.92. The van der Waals surface area contributed by atoms with Gasteiger partial charge < -0.3 is 14.4 Å². The van der Waals surface area contributed by atoms with Gasteiger partial charge >= 0.3 is 0 Å². The summed E-state index contributed by atoms with van der Waals surface area (Å²) in [5, 5.41) is 0. The highest BCUT2D eigenvalue weighted by Gasteiger charge is 2.36. The van der Waals surface area contributed by atoms with Crippen molar-refractivity contribution in [3.63, 3.8) is 0 Å². The van der Waals surface area contributed by atoms with Gasteiger partial charge in [-0.3, -0.25) is 14.5 Å². The van der Waals surface area contributed by atoms with Crippen LogP contribution in [0.3, 0.4) is 0 Å². The van der Waals surface area contributed by atoms with Crippen LogP contribution < -0.4 is 9.47 Å². The van der Waals surface area contributed by atoms with Gasteiger partial charge in [0, 0.05) is 23.4 Å². The molecule has 1 atom stereocenters. The van der Waals surface area contributed by atoms with Gasteiger partial charge in [-0.15, -0.1) is 0 Å². The lowest BCUT2D eigenvalue weighted by Gasteiger charge is -2.28. The second kappa shape index (κ2) is 6.95. The van der Waals surface area contributed by atoms with Gasteiger partial charge in [-0.2, -0.15) is 0 Å². The van der Waals surface area contributed by atoms with Crippen LogP contribution in [-0.4, -0.2) is 47.9 Å². The predicted octanol–water partition coefficient (Wildman–Crippen LogP) is 3.25. The Hall–Kier alpha value is -3.28. The predicted molar refractivity (Wildman–Crippen MR) is 108 cm³/mol. The fourth-order valence-corrected chi connectivity index (χ4v) is 4.41. The van der Waals surface area contributed by atoms with Gasteiger partial charge in [-0.05, 0) is 36.6 Å². The van der Waals surface area contributed by atoms with Gasteiger partial charge in [-0.1, -0.05) is 30.8 Å². The monoisotopic (exact) mass is 390 g/mol. The van der Waals surface area contributed by atoms with Crippen LogP contribution in [0.2, 0.25) is 0 Å². The number of amides is 2. The summed E-state index contributed by atoms with van der Waals surface area (Å²) < 4.78 is 11.3. The summed E-state index contributed by atoms with van der Waals surface area (Å²) in [6, 6.07) is 13.2. The number of hydrogen-bond acceptors (Lipinski definition) is 4. The molecule has 148 valence electrons. The molecule has 1 unspecified atom stereocenters. The number of fused-ring (bicyclic) bond motifs is 2. The molecule has 3 heterocycles. The zero-order valence-electron chi connectivity index (χ0n) is 16.1. The summed E-state index contributed by atoms with van der Waals surface area (Å²) >= 11 is 0. The molecule has 2 amide bonds. The lowest BCUT2D eigenvalue weighted by Crippen LogP contribution is -2.39. The highest BCUT2D eigenvalue weighted by Crippen LogP contribution is 2.38. The van der Waals surface area contributed by atoms with Crippen molar-refractivity contribution >= 4 is 17.5 Å². The first kappa shape index (κ1) is 17.8. The SMILES string of the molecule is C=C1c2ccccc2C(=O)N1CC(=O)N1CCCC1c1ccc2c(c1)OCCO2. The minimum absolute atomic E-state index is 0.00734. The molecule has 0 aromatic heterocycles. The van der Waals surface area contributed by atoms with Gasteiger partial charge in [0.25, 0.3) is 5.91 Å². The van der Waals surface area contributed by atoms with Crippen LogP contribution in [0.5, 0.6) is 11.5 Å². The van der Waals surface area contributed by atoms with E-state index in [0.717, 1.165) is 35.5 Å². The van der Waals surface area contributed by atoms with Crippen molar-refractivity contribution in [3.8, 4) is 11.5 Å². The van der Waals surface area contributed by atoms with Gasteiger partial charge in [0.2, 0.25) is 5.91 Å². The lowest BCUT2D eigenvalue weighted by molar-refractivity contribution is -0.132. The highest BCUT2D eigenvalue weighted by molar-refractivity contribution is 6.10. The fraction of sp³-hybridized carbons (Fsp3) is 0.304. The first-order valence-corrected chi connectivity index (χ1v) is 9.92. The van der Waals surface area contributed by atoms with E-state index >= 15 is 0 Å². The number of carbonyl (C=O) groups excluding carboxylic acids is 2. The van der Waals surface area contributed by atoms with Crippen molar-refractivity contribution < 1.29 is 19.1 Å². The minimum Gasteiger partial charge on any atom is -0.486 e. The number of likely N-dealkylation sites (tertiary alicyclic amines) is 1. The Morgan fingerprint density at radius 3 is 2.62 bits per heavy atom. The van der Waals surface area contributed by atoms with Crippen molar-refractivity contribution in [3.05, 3.63) is 65.7 Å². The molecule has 29 heavy (non-hydrogen) atoms. The number of carbonyl (C=O) groups is 2. The third-order valence-electron chi connectivity index (χ3n) is 5.86. The number of ether oxygens (including phenoxy) is 2. The fourth-order valence-electron chi connectivity index (χ4n) is 4.41. The third-order valence-corrected chi connectivity index (χ3v) is 5.86. The van der Waals surface area contributed by atoms with Crippen molar-refractivity contribution in [2.45, 2.75) is 18.9 Å². The summed E-state index contributed by atoms with van der Waals surface area (Å²) in [4.78, 5) is 29.2. The Kier molecular flexibility index (Phi) is 4.27. The molecule has 1 saturated heterocycles. The molecule has 2 aromatic carbocycles. The zero-order valence-corrected chi connectivity index (χ0v) is 16.1. The Bertz CT molecular complexity index is 981. The maximum absolute atomic E-state index is 13.2. The lowest BCUT2D eigenvalue weighted by atomic mass is 10.0. The molecule has 0 bridgehead atoms. The topological polar surface area (TPSA) is 59.1 Å². The molecular weight excluding hydrogens is 368 g/mol. The van der Waals surface area contributed by atoms with E-state index < -0.39 is 0 Å². The molecule has 6 nitrogen and oxygen atoms in total. The summed E-state index contributed by atoms with van der Waals surface area (Å²) in [5.41, 5.74) is 3.04. The Morgan fingerprint density at radius 1 is 1.07 bits per heavy atom. The molecule has 5 rings (SSSR count). The molecule has 0 saturated carbocycles. The van der Waals surface area contributed by atoms with E-state index in [2.05, 4.69) is 6.58 Å². The van der Waals surface area contributed by atoms with E-state index in [1.807, 2.05) is 41.3 Å². The summed E-state index contributed by atoms with van der Waals surface area (Å²) in [7, 11) is 0. The highest BCUT2D eigenvalue weighted by atomic mass is 16.6. The quantitative estimate of drug-likeness (QED) is 0.807. The average Bonchev–Trinajstić information content (AvgIpc) is 3.34. The normalized spacial score (nSPS) is 20.2. The molecule has 6 heteroatoms. The van der Waals surface area contributed by atoms with Crippen LogP contribution in [0, 0.1) is 0 Å². The van der Waals surface area contributed by atoms with Gasteiger partial charge in [-0.25, -0.2) is 0 Å². The van der Waals surface area contributed by atoms with E-state index in [1.54, 1.807) is 6.07 Å². The van der Waals surface area contributed by atoms with Gasteiger partial charge in [0.15, 0.2) is 11.5 Å². The summed E-state index contributed by atoms with van der Waals surface area (Å²) in [5.74, 6) is 1.25. The van der Waals surface area contributed by atoms with Gasteiger partial charge in [0.1, 0.15) is 19.8 Å². The van der Waals surface area contributed by atoms with Crippen LogP contribution in [0.4, 0.5) is 0 Å². The number of benzene rings is 2. The molecule has 3 aliphatic heterocycles. The molecule has 0 spiro atoms. The van der Waals surface area contributed by atoms with Crippen LogP contribution >= 0.6 is 0 Å². The average molecular weight is 390 g/mol. The van der Waals surface area contributed by atoms with E-state index in [1.165, 1.54) is 4.90 Å². The zero-order chi connectivity index (χ0) is 20.0. The van der Waals surface area contributed by atoms with Crippen molar-refractivity contribution in [1.29, 1.82) is 0 Å². The first-order chi connectivity index (χ1) is 14.1. The van der Waals surface area contributed by atoms with Crippen LogP contribution in [-0.2, 0) is 4.79 Å². The Labute approximate surface area is 169 Å². The van der Waals surface area contributed by atoms with E-state index in [9.17, 15) is 9.59 Å². The summed E-state index contributed by atoms with van der Waals surface area (Å²) in [6.45, 7) is 5.81. The molecule has 0 aliphatic carbocycles. The summed E-state index contributed by atoms with van der Waals surface area (Å²) in [6.07, 6.45) is 1.82.